The molecule has 0 aliphatic heterocycles. The van der Waals surface area contributed by atoms with Gasteiger partial charge in [-0.3, -0.25) is 9.36 Å². The van der Waals surface area contributed by atoms with Crippen LogP contribution in [0.4, 0.5) is 5.82 Å². The van der Waals surface area contributed by atoms with Crippen LogP contribution in [0.3, 0.4) is 0 Å². The molecule has 0 radical (unpaired) electrons. The van der Waals surface area contributed by atoms with E-state index in [4.69, 9.17) is 4.74 Å². The largest absolute Gasteiger partial charge is 0.451 e. The monoisotopic (exact) mass is 374 g/mol. The number of benzene rings is 1. The Kier molecular flexibility index (Phi) is 5.51. The number of nitriles is 1. The van der Waals surface area contributed by atoms with E-state index in [1.54, 1.807) is 16.7 Å². The highest BCUT2D eigenvalue weighted by Crippen LogP contribution is 2.29. The Morgan fingerprint density at radius 1 is 1.14 bits per heavy atom. The van der Waals surface area contributed by atoms with Crippen LogP contribution in [0.25, 0.3) is 5.69 Å². The number of aromatic nitrogens is 2. The first-order chi connectivity index (χ1) is 13.5. The summed E-state index contributed by atoms with van der Waals surface area (Å²) in [5.41, 5.74) is 2.90. The molecule has 1 aromatic carbocycles. The summed E-state index contributed by atoms with van der Waals surface area (Å²) < 4.78 is 6.81. The molecule has 0 bridgehead atoms. The first-order valence-corrected chi connectivity index (χ1v) is 8.58. The summed E-state index contributed by atoms with van der Waals surface area (Å²) in [4.78, 5) is 28.2. The molecule has 0 unspecified atom stereocenters. The van der Waals surface area contributed by atoms with Gasteiger partial charge < -0.3 is 10.1 Å². The predicted octanol–water partition coefficient (Wildman–Crippen LogP) is 3.16. The van der Waals surface area contributed by atoms with Gasteiger partial charge >= 0.3 is 5.97 Å². The van der Waals surface area contributed by atoms with Gasteiger partial charge in [0, 0.05) is 17.6 Å². The summed E-state index contributed by atoms with van der Waals surface area (Å²) in [5, 5.41) is 12.3. The van der Waals surface area contributed by atoms with Crippen molar-refractivity contribution >= 4 is 17.7 Å². The predicted molar refractivity (Wildman–Crippen MR) is 103 cm³/mol. The molecule has 0 fully saturated rings. The van der Waals surface area contributed by atoms with Crippen LogP contribution in [0, 0.1) is 25.2 Å². The molecule has 7 nitrogen and oxygen atoms in total. The van der Waals surface area contributed by atoms with Crippen molar-refractivity contribution in [2.24, 2.45) is 0 Å². The maximum Gasteiger partial charge on any atom is 0.357 e. The average Bonchev–Trinajstić information content (AvgIpc) is 2.96. The minimum atomic E-state index is -0.693. The Hall–Kier alpha value is -3.92. The molecule has 0 saturated carbocycles. The van der Waals surface area contributed by atoms with E-state index in [2.05, 4.69) is 16.4 Å². The molecular formula is C21H18N4O3. The summed E-state index contributed by atoms with van der Waals surface area (Å²) in [5.74, 6) is -0.889. The van der Waals surface area contributed by atoms with Crippen LogP contribution >= 0.6 is 0 Å². The summed E-state index contributed by atoms with van der Waals surface area (Å²) >= 11 is 0. The number of nitrogens with zero attached hydrogens (tertiary/aromatic N) is 3. The van der Waals surface area contributed by atoms with E-state index >= 15 is 0 Å². The Bertz CT molecular complexity index is 1050. The number of carbonyl (C=O) groups is 2. The number of hydrogen-bond donors (Lipinski definition) is 1. The summed E-state index contributed by atoms with van der Waals surface area (Å²) in [7, 11) is 0. The van der Waals surface area contributed by atoms with Crippen LogP contribution in [-0.4, -0.2) is 28.0 Å². The van der Waals surface area contributed by atoms with E-state index in [1.165, 1.54) is 12.3 Å². The lowest BCUT2D eigenvalue weighted by Gasteiger charge is -2.13. The van der Waals surface area contributed by atoms with Crippen LogP contribution in [0.15, 0.2) is 54.7 Å². The van der Waals surface area contributed by atoms with Gasteiger partial charge in [0.05, 0.1) is 5.56 Å². The molecule has 28 heavy (non-hydrogen) atoms. The third kappa shape index (κ3) is 3.76. The Balaban J connectivity index is 1.82. The summed E-state index contributed by atoms with van der Waals surface area (Å²) in [6.45, 7) is 3.21. The normalized spacial score (nSPS) is 10.2. The lowest BCUT2D eigenvalue weighted by Crippen LogP contribution is -2.23. The highest BCUT2D eigenvalue weighted by molar-refractivity contribution is 5.95. The van der Waals surface area contributed by atoms with Crippen molar-refractivity contribution in [1.82, 2.24) is 9.55 Å². The topological polar surface area (TPSA) is 97.0 Å². The standard InChI is InChI=1S/C21H18N4O3/c1-14-15(2)25(16-8-4-3-5-9-16)20(17(14)12-22)24-19(26)13-28-21(27)18-10-6-7-11-23-18/h3-11H,13H2,1-2H3,(H,24,26). The number of hydrogen-bond acceptors (Lipinski definition) is 5. The molecule has 3 rings (SSSR count). The van der Waals surface area contributed by atoms with Gasteiger partial charge in [-0.1, -0.05) is 24.3 Å². The minimum Gasteiger partial charge on any atom is -0.451 e. The van der Waals surface area contributed by atoms with Crippen molar-refractivity contribution in [3.8, 4) is 11.8 Å². The zero-order valence-electron chi connectivity index (χ0n) is 15.5. The highest BCUT2D eigenvalue weighted by Gasteiger charge is 2.21. The molecule has 0 aliphatic carbocycles. The fourth-order valence-electron chi connectivity index (χ4n) is 2.82. The van der Waals surface area contributed by atoms with Crippen LogP contribution in [0.1, 0.15) is 27.3 Å². The number of carbonyl (C=O) groups excluding carboxylic acids is 2. The number of rotatable bonds is 5. The van der Waals surface area contributed by atoms with Gasteiger partial charge in [0.15, 0.2) is 6.61 Å². The number of anilines is 1. The van der Waals surface area contributed by atoms with Gasteiger partial charge in [0.25, 0.3) is 5.91 Å². The molecule has 0 aliphatic rings. The lowest BCUT2D eigenvalue weighted by molar-refractivity contribution is -0.119. The van der Waals surface area contributed by atoms with Gasteiger partial charge in [-0.15, -0.1) is 0 Å². The fraction of sp³-hybridized carbons (Fsp3) is 0.143. The average molecular weight is 374 g/mol. The van der Waals surface area contributed by atoms with E-state index in [0.717, 1.165) is 16.9 Å². The maximum atomic E-state index is 12.4. The second-order valence-corrected chi connectivity index (χ2v) is 6.06. The molecule has 0 spiro atoms. The number of pyridine rings is 1. The second kappa shape index (κ2) is 8.18. The maximum absolute atomic E-state index is 12.4. The molecule has 3 aromatic rings. The molecule has 1 N–H and O–H groups in total. The second-order valence-electron chi connectivity index (χ2n) is 6.06. The van der Waals surface area contributed by atoms with Crippen molar-refractivity contribution in [1.29, 1.82) is 5.26 Å². The molecule has 0 atom stereocenters. The van der Waals surface area contributed by atoms with Gasteiger partial charge in [-0.25, -0.2) is 9.78 Å². The van der Waals surface area contributed by atoms with Crippen molar-refractivity contribution in [2.75, 3.05) is 11.9 Å². The summed E-state index contributed by atoms with van der Waals surface area (Å²) in [6.07, 6.45) is 1.47. The van der Waals surface area contributed by atoms with E-state index in [0.29, 0.717) is 11.4 Å². The number of ether oxygens (including phenoxy) is 1. The molecular weight excluding hydrogens is 356 g/mol. The molecule has 2 aromatic heterocycles. The third-order valence-corrected chi connectivity index (χ3v) is 4.31. The molecule has 1 amide bonds. The fourth-order valence-corrected chi connectivity index (χ4v) is 2.82. The van der Waals surface area contributed by atoms with E-state index in [9.17, 15) is 14.9 Å². The summed E-state index contributed by atoms with van der Waals surface area (Å²) in [6, 6.07) is 16.4. The van der Waals surface area contributed by atoms with E-state index in [1.807, 2.05) is 44.2 Å². The van der Waals surface area contributed by atoms with Crippen molar-refractivity contribution in [3.63, 3.8) is 0 Å². The third-order valence-electron chi connectivity index (χ3n) is 4.31. The van der Waals surface area contributed by atoms with Crippen LogP contribution in [-0.2, 0) is 9.53 Å². The lowest BCUT2D eigenvalue weighted by atomic mass is 10.2. The molecule has 140 valence electrons. The molecule has 2 heterocycles. The Labute approximate surface area is 162 Å². The van der Waals surface area contributed by atoms with E-state index in [-0.39, 0.29) is 5.69 Å². The van der Waals surface area contributed by atoms with Gasteiger partial charge in [-0.2, -0.15) is 5.26 Å². The van der Waals surface area contributed by atoms with Gasteiger partial charge in [0.1, 0.15) is 17.6 Å². The Morgan fingerprint density at radius 3 is 2.50 bits per heavy atom. The molecule has 7 heteroatoms. The van der Waals surface area contributed by atoms with Gasteiger partial charge in [-0.05, 0) is 43.7 Å². The van der Waals surface area contributed by atoms with Crippen molar-refractivity contribution < 1.29 is 14.3 Å². The van der Waals surface area contributed by atoms with Crippen LogP contribution in [0.5, 0.6) is 0 Å². The zero-order valence-corrected chi connectivity index (χ0v) is 15.5. The smallest absolute Gasteiger partial charge is 0.357 e. The number of amides is 1. The number of nitrogens with one attached hydrogen (secondary N) is 1. The highest BCUT2D eigenvalue weighted by atomic mass is 16.5. The minimum absolute atomic E-state index is 0.118. The Morgan fingerprint density at radius 2 is 1.86 bits per heavy atom. The van der Waals surface area contributed by atoms with Crippen LogP contribution in [0.2, 0.25) is 0 Å². The first-order valence-electron chi connectivity index (χ1n) is 8.58. The van der Waals surface area contributed by atoms with Gasteiger partial charge in [0.2, 0.25) is 0 Å². The number of esters is 1. The number of para-hydroxylation sites is 1. The zero-order chi connectivity index (χ0) is 20.1. The van der Waals surface area contributed by atoms with E-state index < -0.39 is 18.5 Å². The van der Waals surface area contributed by atoms with Crippen LogP contribution < -0.4 is 5.32 Å². The molecule has 0 saturated heterocycles. The first kappa shape index (κ1) is 18.9. The quantitative estimate of drug-likeness (QED) is 0.692. The SMILES string of the molecule is Cc1c(C#N)c(NC(=O)COC(=O)c2ccccn2)n(-c2ccccc2)c1C. The van der Waals surface area contributed by atoms with Crippen molar-refractivity contribution in [3.05, 3.63) is 77.2 Å². The van der Waals surface area contributed by atoms with Crippen molar-refractivity contribution in [2.45, 2.75) is 13.8 Å².